The first-order chi connectivity index (χ1) is 11.7. The van der Waals surface area contributed by atoms with Crippen LogP contribution >= 0.6 is 0 Å². The minimum Gasteiger partial charge on any atom is -0.353 e. The van der Waals surface area contributed by atoms with Crippen molar-refractivity contribution in [3.63, 3.8) is 0 Å². The molecule has 4 nitrogen and oxygen atoms in total. The molecule has 1 fully saturated rings. The van der Waals surface area contributed by atoms with Crippen molar-refractivity contribution in [3.8, 4) is 0 Å². The molecule has 1 amide bonds. The van der Waals surface area contributed by atoms with Crippen LogP contribution in [0.2, 0.25) is 0 Å². The van der Waals surface area contributed by atoms with E-state index in [1.807, 2.05) is 36.7 Å². The highest BCUT2D eigenvalue weighted by molar-refractivity contribution is 5.78. The van der Waals surface area contributed by atoms with E-state index in [0.29, 0.717) is 12.5 Å². The number of carbonyl (C=O) groups excluding carboxylic acids is 1. The number of hydrogen-bond donors (Lipinski definition) is 1. The number of aryl methyl sites for hydroxylation is 1. The summed E-state index contributed by atoms with van der Waals surface area (Å²) >= 11 is 0. The average molecular weight is 319 g/mol. The summed E-state index contributed by atoms with van der Waals surface area (Å²) in [6, 6.07) is 14.7. The molecule has 0 radical (unpaired) electrons. The molecule has 1 aromatic carbocycles. The van der Waals surface area contributed by atoms with Gasteiger partial charge in [0, 0.05) is 30.8 Å². The molecule has 4 rings (SSSR count). The van der Waals surface area contributed by atoms with Crippen molar-refractivity contribution in [2.24, 2.45) is 0 Å². The normalized spacial score (nSPS) is 15.4. The van der Waals surface area contributed by atoms with Crippen molar-refractivity contribution >= 4 is 11.6 Å². The van der Waals surface area contributed by atoms with Crippen LogP contribution in [0.5, 0.6) is 0 Å². The maximum absolute atomic E-state index is 12.4. The molecule has 2 heterocycles. The van der Waals surface area contributed by atoms with E-state index in [2.05, 4.69) is 39.8 Å². The third-order valence-corrected chi connectivity index (χ3v) is 4.65. The Hall–Kier alpha value is -2.62. The van der Waals surface area contributed by atoms with Gasteiger partial charge in [0.15, 0.2) is 0 Å². The molecule has 4 heteroatoms. The minimum atomic E-state index is 0.00162. The van der Waals surface area contributed by atoms with Gasteiger partial charge in [-0.2, -0.15) is 0 Å². The van der Waals surface area contributed by atoms with E-state index in [1.165, 1.54) is 0 Å². The lowest BCUT2D eigenvalue weighted by molar-refractivity contribution is -0.121. The zero-order valence-electron chi connectivity index (χ0n) is 13.8. The van der Waals surface area contributed by atoms with Gasteiger partial charge in [-0.05, 0) is 37.0 Å². The van der Waals surface area contributed by atoms with Crippen LogP contribution in [-0.2, 0) is 4.79 Å². The monoisotopic (exact) mass is 319 g/mol. The fourth-order valence-corrected chi connectivity index (χ4v) is 3.21. The Morgan fingerprint density at radius 2 is 2.04 bits per heavy atom. The fourth-order valence-electron chi connectivity index (χ4n) is 3.21. The molecule has 1 N–H and O–H groups in total. The van der Waals surface area contributed by atoms with Crippen molar-refractivity contribution in [1.82, 2.24) is 14.7 Å². The topological polar surface area (TPSA) is 46.4 Å². The van der Waals surface area contributed by atoms with Crippen LogP contribution in [0.25, 0.3) is 5.65 Å². The number of amides is 1. The Bertz CT molecular complexity index is 865. The van der Waals surface area contributed by atoms with Crippen molar-refractivity contribution in [3.05, 3.63) is 71.7 Å². The van der Waals surface area contributed by atoms with E-state index in [9.17, 15) is 4.79 Å². The lowest BCUT2D eigenvalue weighted by atomic mass is 9.92. The number of aromatic nitrogens is 2. The molecule has 0 aliphatic heterocycles. The highest BCUT2D eigenvalue weighted by atomic mass is 16.1. The first-order valence-corrected chi connectivity index (χ1v) is 8.49. The van der Waals surface area contributed by atoms with Crippen LogP contribution in [0.3, 0.4) is 0 Å². The molecule has 0 bridgehead atoms. The van der Waals surface area contributed by atoms with Gasteiger partial charge in [0.05, 0.1) is 5.69 Å². The SMILES string of the molecule is Cc1cccn2c(C(CC(=O)NC3CC3)c3ccccc3)cnc12. The second-order valence-electron chi connectivity index (χ2n) is 6.58. The smallest absolute Gasteiger partial charge is 0.221 e. The largest absolute Gasteiger partial charge is 0.353 e. The number of hydrogen-bond acceptors (Lipinski definition) is 2. The molecule has 24 heavy (non-hydrogen) atoms. The molecule has 122 valence electrons. The van der Waals surface area contributed by atoms with E-state index < -0.39 is 0 Å². The number of rotatable bonds is 5. The highest BCUT2D eigenvalue weighted by Gasteiger charge is 2.27. The number of nitrogens with zero attached hydrogens (tertiary/aromatic N) is 2. The lowest BCUT2D eigenvalue weighted by Crippen LogP contribution is -2.27. The number of benzene rings is 1. The molecule has 1 saturated carbocycles. The predicted octanol–water partition coefficient (Wildman–Crippen LogP) is 3.44. The Morgan fingerprint density at radius 3 is 2.79 bits per heavy atom. The van der Waals surface area contributed by atoms with Gasteiger partial charge < -0.3 is 9.72 Å². The quantitative estimate of drug-likeness (QED) is 0.783. The van der Waals surface area contributed by atoms with Crippen LogP contribution in [-0.4, -0.2) is 21.3 Å². The number of pyridine rings is 1. The summed E-state index contributed by atoms with van der Waals surface area (Å²) < 4.78 is 2.11. The van der Waals surface area contributed by atoms with Crippen LogP contribution in [0.1, 0.15) is 42.0 Å². The number of imidazole rings is 1. The summed E-state index contributed by atoms with van der Waals surface area (Å²) in [5, 5.41) is 3.11. The number of carbonyl (C=O) groups is 1. The molecule has 3 aromatic rings. The lowest BCUT2D eigenvalue weighted by Gasteiger charge is -2.17. The van der Waals surface area contributed by atoms with Crippen LogP contribution < -0.4 is 5.32 Å². The fraction of sp³-hybridized carbons (Fsp3) is 0.300. The van der Waals surface area contributed by atoms with Crippen molar-refractivity contribution in [1.29, 1.82) is 0 Å². The third-order valence-electron chi connectivity index (χ3n) is 4.65. The number of nitrogens with one attached hydrogen (secondary N) is 1. The average Bonchev–Trinajstić information content (AvgIpc) is 3.30. The van der Waals surface area contributed by atoms with Gasteiger partial charge in [0.1, 0.15) is 5.65 Å². The van der Waals surface area contributed by atoms with Gasteiger partial charge in [-0.15, -0.1) is 0 Å². The summed E-state index contributed by atoms with van der Waals surface area (Å²) in [7, 11) is 0. The van der Waals surface area contributed by atoms with Crippen molar-refractivity contribution < 1.29 is 4.79 Å². The van der Waals surface area contributed by atoms with Crippen LogP contribution in [0.15, 0.2) is 54.9 Å². The maximum Gasteiger partial charge on any atom is 0.221 e. The Kier molecular flexibility index (Phi) is 3.81. The highest BCUT2D eigenvalue weighted by Crippen LogP contribution is 2.30. The zero-order valence-corrected chi connectivity index (χ0v) is 13.8. The molecule has 1 aliphatic carbocycles. The summed E-state index contributed by atoms with van der Waals surface area (Å²) in [5.74, 6) is 0.121. The Labute approximate surface area is 141 Å². The molecular formula is C20H21N3O. The number of fused-ring (bicyclic) bond motifs is 1. The van der Waals surface area contributed by atoms with Crippen molar-refractivity contribution in [2.75, 3.05) is 0 Å². The van der Waals surface area contributed by atoms with Crippen LogP contribution in [0, 0.1) is 6.92 Å². The summed E-state index contributed by atoms with van der Waals surface area (Å²) in [6.07, 6.45) is 6.60. The standard InChI is InChI=1S/C20H21N3O/c1-14-6-5-11-23-18(13-21-20(14)23)17(15-7-3-2-4-8-15)12-19(24)22-16-9-10-16/h2-8,11,13,16-17H,9-10,12H2,1H3,(H,22,24). The molecule has 1 aliphatic rings. The van der Waals surface area contributed by atoms with E-state index in [1.54, 1.807) is 0 Å². The third kappa shape index (κ3) is 2.92. The first kappa shape index (κ1) is 14.9. The van der Waals surface area contributed by atoms with E-state index in [0.717, 1.165) is 35.3 Å². The second-order valence-corrected chi connectivity index (χ2v) is 6.58. The molecule has 0 spiro atoms. The summed E-state index contributed by atoms with van der Waals surface area (Å²) in [4.78, 5) is 17.0. The van der Waals surface area contributed by atoms with E-state index in [4.69, 9.17) is 0 Å². The maximum atomic E-state index is 12.4. The van der Waals surface area contributed by atoms with Gasteiger partial charge in [0.25, 0.3) is 0 Å². The second kappa shape index (κ2) is 6.11. The van der Waals surface area contributed by atoms with Gasteiger partial charge >= 0.3 is 0 Å². The first-order valence-electron chi connectivity index (χ1n) is 8.49. The summed E-state index contributed by atoms with van der Waals surface area (Å²) in [5.41, 5.74) is 4.30. The molecule has 1 unspecified atom stereocenters. The molecule has 2 aromatic heterocycles. The van der Waals surface area contributed by atoms with Gasteiger partial charge in [-0.3, -0.25) is 4.79 Å². The minimum absolute atomic E-state index is 0.00162. The van der Waals surface area contributed by atoms with E-state index in [-0.39, 0.29) is 11.8 Å². The Morgan fingerprint density at radius 1 is 1.25 bits per heavy atom. The van der Waals surface area contributed by atoms with Crippen LogP contribution in [0.4, 0.5) is 0 Å². The van der Waals surface area contributed by atoms with Crippen molar-refractivity contribution in [2.45, 2.75) is 38.1 Å². The molecular weight excluding hydrogens is 298 g/mol. The van der Waals surface area contributed by atoms with Gasteiger partial charge in [-0.1, -0.05) is 36.4 Å². The molecule has 1 atom stereocenters. The zero-order chi connectivity index (χ0) is 16.5. The summed E-state index contributed by atoms with van der Waals surface area (Å²) in [6.45, 7) is 2.06. The predicted molar refractivity (Wildman–Crippen MR) is 94.0 cm³/mol. The molecule has 0 saturated heterocycles. The van der Waals surface area contributed by atoms with Gasteiger partial charge in [-0.25, -0.2) is 4.98 Å². The van der Waals surface area contributed by atoms with E-state index >= 15 is 0 Å². The van der Waals surface area contributed by atoms with Gasteiger partial charge in [0.2, 0.25) is 5.91 Å². The Balaban J connectivity index is 1.73.